The fraction of sp³-hybridized carbons (Fsp3) is 0.647. The van der Waals surface area contributed by atoms with E-state index in [0.29, 0.717) is 12.8 Å². The van der Waals surface area contributed by atoms with Gasteiger partial charge in [-0.25, -0.2) is 0 Å². The molecule has 2 rings (SSSR count). The van der Waals surface area contributed by atoms with Gasteiger partial charge in [-0.15, -0.1) is 11.8 Å². The molecular formula is C17H26O4S. The van der Waals surface area contributed by atoms with Crippen molar-refractivity contribution >= 4 is 11.8 Å². The Morgan fingerprint density at radius 3 is 2.68 bits per heavy atom. The molecule has 3 atom stereocenters. The lowest BCUT2D eigenvalue weighted by atomic mass is 10.1. The average molecular weight is 326 g/mol. The summed E-state index contributed by atoms with van der Waals surface area (Å²) in [4.78, 5) is 0. The number of aryl methyl sites for hydroxylation is 1. The standard InChI is InChI=1S/C17H26O4S/c1-20-15-7-5-13(6-8-15)4-2-3-9-22-17-11-14(19)10-16(12-18)21-17/h5-8,14,16-19H,2-4,9-12H2,1H3. The van der Waals surface area contributed by atoms with Crippen molar-refractivity contribution in [1.29, 1.82) is 0 Å². The minimum atomic E-state index is -0.345. The third-order valence-corrected chi connectivity index (χ3v) is 5.07. The Morgan fingerprint density at radius 1 is 1.23 bits per heavy atom. The van der Waals surface area contributed by atoms with Crippen LogP contribution in [0.5, 0.6) is 5.75 Å². The highest BCUT2D eigenvalue weighted by molar-refractivity contribution is 7.99. The molecule has 124 valence electrons. The van der Waals surface area contributed by atoms with Gasteiger partial charge in [0.1, 0.15) is 11.2 Å². The van der Waals surface area contributed by atoms with Gasteiger partial charge in [0.15, 0.2) is 0 Å². The molecule has 3 unspecified atom stereocenters. The molecule has 0 spiro atoms. The normalized spacial score (nSPS) is 25.1. The van der Waals surface area contributed by atoms with Gasteiger partial charge in [0.25, 0.3) is 0 Å². The van der Waals surface area contributed by atoms with Gasteiger partial charge in [0.2, 0.25) is 0 Å². The summed E-state index contributed by atoms with van der Waals surface area (Å²) in [6.45, 7) is -0.00834. The Bertz CT molecular complexity index is 423. The maximum atomic E-state index is 9.76. The second kappa shape index (κ2) is 9.40. The van der Waals surface area contributed by atoms with Crippen LogP contribution in [0.15, 0.2) is 24.3 Å². The molecule has 0 bridgehead atoms. The van der Waals surface area contributed by atoms with E-state index in [0.717, 1.165) is 30.8 Å². The number of benzene rings is 1. The molecule has 1 aromatic carbocycles. The fourth-order valence-corrected chi connectivity index (χ4v) is 3.84. The van der Waals surface area contributed by atoms with Gasteiger partial charge in [-0.1, -0.05) is 12.1 Å². The Kier molecular flexibility index (Phi) is 7.52. The van der Waals surface area contributed by atoms with Crippen molar-refractivity contribution in [2.45, 2.75) is 49.7 Å². The zero-order chi connectivity index (χ0) is 15.8. The van der Waals surface area contributed by atoms with Gasteiger partial charge < -0.3 is 19.7 Å². The third-order valence-electron chi connectivity index (χ3n) is 3.87. The van der Waals surface area contributed by atoms with Crippen LogP contribution in [0.1, 0.15) is 31.2 Å². The first kappa shape index (κ1) is 17.6. The van der Waals surface area contributed by atoms with Crippen molar-refractivity contribution < 1.29 is 19.7 Å². The number of hydrogen-bond donors (Lipinski definition) is 2. The molecule has 1 saturated heterocycles. The summed E-state index contributed by atoms with van der Waals surface area (Å²) < 4.78 is 10.9. The van der Waals surface area contributed by atoms with Crippen LogP contribution in [-0.4, -0.2) is 47.3 Å². The highest BCUT2D eigenvalue weighted by Crippen LogP contribution is 2.28. The number of thioether (sulfide) groups is 1. The van der Waals surface area contributed by atoms with Crippen molar-refractivity contribution in [2.24, 2.45) is 0 Å². The molecule has 0 aliphatic carbocycles. The van der Waals surface area contributed by atoms with E-state index in [1.54, 1.807) is 18.9 Å². The Hall–Kier alpha value is -0.750. The van der Waals surface area contributed by atoms with Crippen LogP contribution in [0.25, 0.3) is 0 Å². The number of hydrogen-bond acceptors (Lipinski definition) is 5. The third kappa shape index (κ3) is 5.80. The van der Waals surface area contributed by atoms with Gasteiger partial charge >= 0.3 is 0 Å². The number of rotatable bonds is 8. The lowest BCUT2D eigenvalue weighted by Crippen LogP contribution is -2.36. The largest absolute Gasteiger partial charge is 0.497 e. The molecule has 4 nitrogen and oxygen atoms in total. The smallest absolute Gasteiger partial charge is 0.118 e. The zero-order valence-electron chi connectivity index (χ0n) is 13.1. The average Bonchev–Trinajstić information content (AvgIpc) is 2.54. The maximum absolute atomic E-state index is 9.76. The van der Waals surface area contributed by atoms with Gasteiger partial charge in [-0.2, -0.15) is 0 Å². The predicted octanol–water partition coefficient (Wildman–Crippen LogP) is 2.61. The minimum absolute atomic E-state index is 0.00834. The van der Waals surface area contributed by atoms with Crippen LogP contribution in [-0.2, 0) is 11.2 Å². The van der Waals surface area contributed by atoms with Gasteiger partial charge in [-0.3, -0.25) is 0 Å². The molecule has 0 amide bonds. The van der Waals surface area contributed by atoms with E-state index in [9.17, 15) is 5.11 Å². The summed E-state index contributed by atoms with van der Waals surface area (Å²) in [7, 11) is 1.68. The van der Waals surface area contributed by atoms with E-state index in [4.69, 9.17) is 14.6 Å². The molecule has 0 saturated carbocycles. The van der Waals surface area contributed by atoms with Gasteiger partial charge in [0, 0.05) is 12.8 Å². The molecule has 22 heavy (non-hydrogen) atoms. The summed E-state index contributed by atoms with van der Waals surface area (Å²) in [5, 5.41) is 18.9. The van der Waals surface area contributed by atoms with Gasteiger partial charge in [-0.05, 0) is 42.7 Å². The van der Waals surface area contributed by atoms with Crippen LogP contribution < -0.4 is 4.74 Å². The summed E-state index contributed by atoms with van der Waals surface area (Å²) >= 11 is 1.75. The molecular weight excluding hydrogens is 300 g/mol. The predicted molar refractivity (Wildman–Crippen MR) is 89.4 cm³/mol. The number of ether oxygens (including phenoxy) is 2. The molecule has 1 aliphatic heterocycles. The van der Waals surface area contributed by atoms with E-state index in [1.165, 1.54) is 5.56 Å². The number of aliphatic hydroxyl groups is 2. The molecule has 1 aromatic rings. The van der Waals surface area contributed by atoms with E-state index >= 15 is 0 Å². The van der Waals surface area contributed by atoms with Crippen LogP contribution in [0, 0.1) is 0 Å². The Labute approximate surface area is 136 Å². The van der Waals surface area contributed by atoms with Crippen molar-refractivity contribution in [3.63, 3.8) is 0 Å². The fourth-order valence-electron chi connectivity index (χ4n) is 2.61. The lowest BCUT2D eigenvalue weighted by molar-refractivity contribution is -0.0783. The topological polar surface area (TPSA) is 58.9 Å². The maximum Gasteiger partial charge on any atom is 0.118 e. The quantitative estimate of drug-likeness (QED) is 0.719. The minimum Gasteiger partial charge on any atom is -0.497 e. The van der Waals surface area contributed by atoms with Crippen LogP contribution in [0.2, 0.25) is 0 Å². The number of methoxy groups -OCH3 is 1. The lowest BCUT2D eigenvalue weighted by Gasteiger charge is -2.31. The Balaban J connectivity index is 1.60. The number of aliphatic hydroxyl groups excluding tert-OH is 2. The Morgan fingerprint density at radius 2 is 2.00 bits per heavy atom. The van der Waals surface area contributed by atoms with Crippen molar-refractivity contribution in [2.75, 3.05) is 19.5 Å². The first-order valence-corrected chi connectivity index (χ1v) is 8.95. The van der Waals surface area contributed by atoms with Gasteiger partial charge in [0.05, 0.1) is 25.9 Å². The van der Waals surface area contributed by atoms with Crippen LogP contribution >= 0.6 is 11.8 Å². The summed E-state index contributed by atoms with van der Waals surface area (Å²) in [5.41, 5.74) is 1.34. The van der Waals surface area contributed by atoms with Crippen LogP contribution in [0.4, 0.5) is 0 Å². The molecule has 1 heterocycles. The summed E-state index contributed by atoms with van der Waals surface area (Å²) in [6.07, 6.45) is 3.99. The SMILES string of the molecule is COc1ccc(CCCCSC2CC(O)CC(CO)O2)cc1. The zero-order valence-corrected chi connectivity index (χ0v) is 13.9. The van der Waals surface area contributed by atoms with Crippen LogP contribution in [0.3, 0.4) is 0 Å². The highest BCUT2D eigenvalue weighted by Gasteiger charge is 2.27. The monoisotopic (exact) mass is 326 g/mol. The molecule has 1 fully saturated rings. The second-order valence-corrected chi connectivity index (χ2v) is 6.94. The van der Waals surface area contributed by atoms with Crippen molar-refractivity contribution in [3.8, 4) is 5.75 Å². The van der Waals surface area contributed by atoms with Crippen molar-refractivity contribution in [1.82, 2.24) is 0 Å². The highest BCUT2D eigenvalue weighted by atomic mass is 32.2. The first-order chi connectivity index (χ1) is 10.7. The van der Waals surface area contributed by atoms with E-state index in [2.05, 4.69) is 12.1 Å². The van der Waals surface area contributed by atoms with E-state index in [1.807, 2.05) is 12.1 Å². The van der Waals surface area contributed by atoms with Crippen molar-refractivity contribution in [3.05, 3.63) is 29.8 Å². The first-order valence-electron chi connectivity index (χ1n) is 7.90. The summed E-state index contributed by atoms with van der Waals surface area (Å²) in [6, 6.07) is 8.21. The summed E-state index contributed by atoms with van der Waals surface area (Å²) in [5.74, 6) is 1.91. The molecule has 2 N–H and O–H groups in total. The molecule has 0 aromatic heterocycles. The van der Waals surface area contributed by atoms with E-state index in [-0.39, 0.29) is 24.3 Å². The molecule has 5 heteroatoms. The molecule has 1 aliphatic rings. The number of unbranched alkanes of at least 4 members (excludes halogenated alkanes) is 1. The molecule has 0 radical (unpaired) electrons. The van der Waals surface area contributed by atoms with E-state index < -0.39 is 0 Å². The second-order valence-electron chi connectivity index (χ2n) is 5.67.